The number of nitrogens with zero attached hydrogens (tertiary/aromatic N) is 1. The highest BCUT2D eigenvalue weighted by molar-refractivity contribution is 6.31. The SMILES string of the molecule is C#C/C=C(Cl)\C=C/C[C@@H]1[C@@H](C(=O)NOCc2ccccc2)c2ccccc2C(=O)N1[C@H]1CCNC1. The molecule has 2 aromatic carbocycles. The van der Waals surface area contributed by atoms with Gasteiger partial charge < -0.3 is 10.2 Å². The Morgan fingerprint density at radius 2 is 2.00 bits per heavy atom. The molecule has 0 aromatic heterocycles. The van der Waals surface area contributed by atoms with Crippen LogP contribution in [-0.2, 0) is 16.2 Å². The van der Waals surface area contributed by atoms with Crippen molar-refractivity contribution in [2.45, 2.75) is 37.5 Å². The summed E-state index contributed by atoms with van der Waals surface area (Å²) in [6.45, 7) is 1.75. The molecule has 3 atom stereocenters. The Bertz CT molecular complexity index is 1150. The van der Waals surface area contributed by atoms with E-state index in [0.717, 1.165) is 18.5 Å². The molecule has 2 N–H and O–H groups in total. The van der Waals surface area contributed by atoms with Gasteiger partial charge in [0.15, 0.2) is 0 Å². The molecular formula is C28H28ClN3O3. The zero-order chi connectivity index (χ0) is 24.6. The van der Waals surface area contributed by atoms with E-state index in [1.54, 1.807) is 12.1 Å². The molecule has 6 nitrogen and oxygen atoms in total. The number of carbonyl (C=O) groups excluding carboxylic acids is 2. The molecule has 1 fully saturated rings. The Labute approximate surface area is 210 Å². The van der Waals surface area contributed by atoms with Crippen LogP contribution in [0.25, 0.3) is 0 Å². The summed E-state index contributed by atoms with van der Waals surface area (Å²) in [7, 11) is 0. The smallest absolute Gasteiger partial charge is 0.254 e. The molecule has 2 aliphatic rings. The third-order valence-electron chi connectivity index (χ3n) is 6.34. The molecule has 2 aromatic rings. The first kappa shape index (κ1) is 24.7. The van der Waals surface area contributed by atoms with E-state index in [9.17, 15) is 9.59 Å². The summed E-state index contributed by atoms with van der Waals surface area (Å²) < 4.78 is 0. The van der Waals surface area contributed by atoms with Crippen LogP contribution in [0.2, 0.25) is 0 Å². The standard InChI is InChI=1S/C28H28ClN3O3/c1-2-9-21(29)12-8-15-25-26(27(33)31-35-19-20-10-4-3-5-11-20)23-13-6-7-14-24(23)28(34)32(25)22-16-17-30-18-22/h1,3-14,22,25-26,30H,15-19H2,(H,31,33)/b12-8-,21-9+/t22-,25+,26-/m0/s1. The quantitative estimate of drug-likeness (QED) is 0.335. The molecule has 7 heteroatoms. The van der Waals surface area contributed by atoms with Gasteiger partial charge in [-0.05, 0) is 42.7 Å². The van der Waals surface area contributed by atoms with Crippen molar-refractivity contribution < 1.29 is 14.4 Å². The number of halogens is 1. The van der Waals surface area contributed by atoms with Crippen LogP contribution >= 0.6 is 11.6 Å². The number of hydroxylamine groups is 1. The lowest BCUT2D eigenvalue weighted by Gasteiger charge is -2.44. The molecule has 0 bridgehead atoms. The molecule has 0 aliphatic carbocycles. The third-order valence-corrected chi connectivity index (χ3v) is 6.58. The summed E-state index contributed by atoms with van der Waals surface area (Å²) >= 11 is 6.14. The van der Waals surface area contributed by atoms with Crippen molar-refractivity contribution in [1.82, 2.24) is 15.7 Å². The van der Waals surface area contributed by atoms with E-state index in [-0.39, 0.29) is 24.5 Å². The van der Waals surface area contributed by atoms with Crippen molar-refractivity contribution >= 4 is 23.4 Å². The van der Waals surface area contributed by atoms with E-state index in [4.69, 9.17) is 22.9 Å². The largest absolute Gasteiger partial charge is 0.330 e. The fourth-order valence-corrected chi connectivity index (χ4v) is 4.93. The van der Waals surface area contributed by atoms with Crippen LogP contribution in [0, 0.1) is 12.3 Å². The number of allylic oxidation sites excluding steroid dienone is 3. The molecule has 2 amide bonds. The van der Waals surface area contributed by atoms with Crippen LogP contribution in [0.3, 0.4) is 0 Å². The van der Waals surface area contributed by atoms with E-state index in [0.29, 0.717) is 29.1 Å². The maximum Gasteiger partial charge on any atom is 0.254 e. The summed E-state index contributed by atoms with van der Waals surface area (Å²) in [6.07, 6.45) is 11.6. The predicted molar refractivity (Wildman–Crippen MR) is 136 cm³/mol. The highest BCUT2D eigenvalue weighted by Crippen LogP contribution is 2.37. The Morgan fingerprint density at radius 1 is 1.23 bits per heavy atom. The maximum absolute atomic E-state index is 13.6. The highest BCUT2D eigenvalue weighted by Gasteiger charge is 2.45. The van der Waals surface area contributed by atoms with E-state index < -0.39 is 12.0 Å². The van der Waals surface area contributed by atoms with Gasteiger partial charge in [0.25, 0.3) is 11.8 Å². The Balaban J connectivity index is 1.63. The van der Waals surface area contributed by atoms with Crippen LogP contribution in [-0.4, -0.2) is 41.9 Å². The van der Waals surface area contributed by atoms with Gasteiger partial charge in [0, 0.05) is 29.3 Å². The summed E-state index contributed by atoms with van der Waals surface area (Å²) in [5.74, 6) is 1.43. The second-order valence-corrected chi connectivity index (χ2v) is 9.00. The number of carbonyl (C=O) groups is 2. The highest BCUT2D eigenvalue weighted by atomic mass is 35.5. The van der Waals surface area contributed by atoms with E-state index in [1.165, 1.54) is 6.08 Å². The second kappa shape index (κ2) is 11.9. The van der Waals surface area contributed by atoms with Gasteiger partial charge in [-0.25, -0.2) is 5.48 Å². The van der Waals surface area contributed by atoms with Crippen LogP contribution in [0.4, 0.5) is 0 Å². The van der Waals surface area contributed by atoms with Crippen LogP contribution in [0.1, 0.15) is 40.2 Å². The minimum absolute atomic E-state index is 0.00786. The number of hydrogen-bond acceptors (Lipinski definition) is 4. The molecule has 0 spiro atoms. The lowest BCUT2D eigenvalue weighted by atomic mass is 9.80. The molecule has 0 saturated carbocycles. The molecule has 2 aliphatic heterocycles. The molecule has 0 unspecified atom stereocenters. The van der Waals surface area contributed by atoms with Gasteiger partial charge in [-0.2, -0.15) is 0 Å². The summed E-state index contributed by atoms with van der Waals surface area (Å²) in [5.41, 5.74) is 4.83. The Morgan fingerprint density at radius 3 is 2.74 bits per heavy atom. The molecule has 1 saturated heterocycles. The van der Waals surface area contributed by atoms with Crippen molar-refractivity contribution in [3.05, 3.63) is 94.5 Å². The van der Waals surface area contributed by atoms with E-state index in [1.807, 2.05) is 59.5 Å². The van der Waals surface area contributed by atoms with E-state index in [2.05, 4.69) is 16.7 Å². The minimum Gasteiger partial charge on any atom is -0.330 e. The fraction of sp³-hybridized carbons (Fsp3) is 0.286. The van der Waals surface area contributed by atoms with Gasteiger partial charge in [0.1, 0.15) is 0 Å². The summed E-state index contributed by atoms with van der Waals surface area (Å²) in [4.78, 5) is 34.6. The molecule has 35 heavy (non-hydrogen) atoms. The minimum atomic E-state index is -0.611. The average molecular weight is 490 g/mol. The molecule has 4 rings (SSSR count). The Kier molecular flexibility index (Phi) is 8.38. The van der Waals surface area contributed by atoms with E-state index >= 15 is 0 Å². The summed E-state index contributed by atoms with van der Waals surface area (Å²) in [6, 6.07) is 16.5. The second-order valence-electron chi connectivity index (χ2n) is 8.57. The van der Waals surface area contributed by atoms with Crippen molar-refractivity contribution in [2.75, 3.05) is 13.1 Å². The first-order valence-corrected chi connectivity index (χ1v) is 12.0. The fourth-order valence-electron chi connectivity index (χ4n) is 4.78. The zero-order valence-corrected chi connectivity index (χ0v) is 20.1. The van der Waals surface area contributed by atoms with Crippen LogP contribution < -0.4 is 10.8 Å². The van der Waals surface area contributed by atoms with Gasteiger partial charge in [-0.1, -0.05) is 72.1 Å². The molecule has 2 heterocycles. The lowest BCUT2D eigenvalue weighted by molar-refractivity contribution is -0.138. The van der Waals surface area contributed by atoms with Crippen molar-refractivity contribution in [1.29, 1.82) is 0 Å². The number of hydrogen-bond donors (Lipinski definition) is 2. The monoisotopic (exact) mass is 489 g/mol. The maximum atomic E-state index is 13.6. The zero-order valence-electron chi connectivity index (χ0n) is 19.3. The predicted octanol–water partition coefficient (Wildman–Crippen LogP) is 3.91. The third kappa shape index (κ3) is 5.83. The summed E-state index contributed by atoms with van der Waals surface area (Å²) in [5, 5.41) is 3.75. The first-order chi connectivity index (χ1) is 17.1. The molecule has 180 valence electrons. The number of nitrogens with one attached hydrogen (secondary N) is 2. The number of fused-ring (bicyclic) bond motifs is 1. The van der Waals surface area contributed by atoms with Crippen molar-refractivity contribution in [3.63, 3.8) is 0 Å². The van der Waals surface area contributed by atoms with Crippen molar-refractivity contribution in [2.24, 2.45) is 0 Å². The van der Waals surface area contributed by atoms with Crippen LogP contribution in [0.15, 0.2) is 77.9 Å². The van der Waals surface area contributed by atoms with Gasteiger partial charge in [-0.15, -0.1) is 6.42 Å². The number of benzene rings is 2. The van der Waals surface area contributed by atoms with Gasteiger partial charge in [-0.3, -0.25) is 14.4 Å². The average Bonchev–Trinajstić information content (AvgIpc) is 3.39. The normalized spacial score (nSPS) is 22.2. The van der Waals surface area contributed by atoms with Gasteiger partial charge in [0.05, 0.1) is 18.6 Å². The van der Waals surface area contributed by atoms with Gasteiger partial charge >= 0.3 is 0 Å². The lowest BCUT2D eigenvalue weighted by Crippen LogP contribution is -2.56. The molecule has 0 radical (unpaired) electrons. The molecular weight excluding hydrogens is 462 g/mol. The van der Waals surface area contributed by atoms with Crippen LogP contribution in [0.5, 0.6) is 0 Å². The Hall–Kier alpha value is -3.37. The topological polar surface area (TPSA) is 70.7 Å². The number of rotatable bonds is 8. The van der Waals surface area contributed by atoms with Gasteiger partial charge in [0.2, 0.25) is 0 Å². The number of terminal acetylenes is 1. The van der Waals surface area contributed by atoms with Crippen molar-refractivity contribution in [3.8, 4) is 12.3 Å². The first-order valence-electron chi connectivity index (χ1n) is 11.7. The number of amides is 2.